The first-order chi connectivity index (χ1) is 14.5. The molecule has 0 saturated carbocycles. The summed E-state index contributed by atoms with van der Waals surface area (Å²) in [5.74, 6) is 0.0386. The molecule has 2 aromatic carbocycles. The van der Waals surface area contributed by atoms with E-state index in [9.17, 15) is 9.18 Å². The SMILES string of the molecule is O=C(Cn1cccc1-c1nc(-c2ccc(F)c(Br)c2)no1)NCc1cccc(Cl)c1. The van der Waals surface area contributed by atoms with Crippen LogP contribution in [0.25, 0.3) is 23.0 Å². The maximum absolute atomic E-state index is 13.4. The summed E-state index contributed by atoms with van der Waals surface area (Å²) < 4.78 is 20.8. The van der Waals surface area contributed by atoms with Crippen molar-refractivity contribution in [2.24, 2.45) is 0 Å². The Kier molecular flexibility index (Phi) is 5.96. The van der Waals surface area contributed by atoms with Crippen LogP contribution in [0.4, 0.5) is 4.39 Å². The van der Waals surface area contributed by atoms with Gasteiger partial charge in [-0.1, -0.05) is 28.9 Å². The maximum Gasteiger partial charge on any atom is 0.274 e. The zero-order chi connectivity index (χ0) is 21.1. The molecule has 1 N–H and O–H groups in total. The lowest BCUT2D eigenvalue weighted by Crippen LogP contribution is -2.27. The van der Waals surface area contributed by atoms with Crippen molar-refractivity contribution in [2.45, 2.75) is 13.1 Å². The van der Waals surface area contributed by atoms with Gasteiger partial charge in [-0.2, -0.15) is 4.98 Å². The van der Waals surface area contributed by atoms with Crippen molar-refractivity contribution in [1.82, 2.24) is 20.0 Å². The second-order valence-corrected chi connectivity index (χ2v) is 7.77. The molecule has 6 nitrogen and oxygen atoms in total. The molecule has 0 radical (unpaired) electrons. The number of carbonyl (C=O) groups excluding carboxylic acids is 1. The standard InChI is InChI=1S/C21H15BrClFN4O2/c22-16-10-14(6-7-17(16)24)20-26-21(30-27-20)18-5-2-8-28(18)12-19(29)25-11-13-3-1-4-15(23)9-13/h1-10H,11-12H2,(H,25,29). The van der Waals surface area contributed by atoms with E-state index in [2.05, 4.69) is 31.4 Å². The molecule has 2 aromatic heterocycles. The van der Waals surface area contributed by atoms with Crippen molar-refractivity contribution in [3.05, 3.63) is 81.7 Å². The lowest BCUT2D eigenvalue weighted by molar-refractivity contribution is -0.121. The topological polar surface area (TPSA) is 73.0 Å². The van der Waals surface area contributed by atoms with E-state index in [1.54, 1.807) is 47.2 Å². The fourth-order valence-electron chi connectivity index (χ4n) is 2.88. The van der Waals surface area contributed by atoms with Gasteiger partial charge in [0.05, 0.1) is 4.47 Å². The fourth-order valence-corrected chi connectivity index (χ4v) is 3.48. The van der Waals surface area contributed by atoms with E-state index in [0.29, 0.717) is 33.1 Å². The number of benzene rings is 2. The highest BCUT2D eigenvalue weighted by Gasteiger charge is 2.16. The molecule has 0 saturated heterocycles. The van der Waals surface area contributed by atoms with Gasteiger partial charge in [-0.05, 0) is 64.0 Å². The van der Waals surface area contributed by atoms with Crippen molar-refractivity contribution < 1.29 is 13.7 Å². The average molecular weight is 490 g/mol. The van der Waals surface area contributed by atoms with Crippen LogP contribution in [0.5, 0.6) is 0 Å². The van der Waals surface area contributed by atoms with Gasteiger partial charge in [-0.15, -0.1) is 0 Å². The van der Waals surface area contributed by atoms with Gasteiger partial charge in [0.15, 0.2) is 0 Å². The number of hydrogen-bond donors (Lipinski definition) is 1. The molecule has 0 aliphatic heterocycles. The number of nitrogens with one attached hydrogen (secondary N) is 1. The van der Waals surface area contributed by atoms with Crippen molar-refractivity contribution in [3.8, 4) is 23.0 Å². The van der Waals surface area contributed by atoms with Crippen molar-refractivity contribution in [1.29, 1.82) is 0 Å². The minimum absolute atomic E-state index is 0.0860. The van der Waals surface area contributed by atoms with Gasteiger partial charge in [-0.3, -0.25) is 4.79 Å². The first-order valence-electron chi connectivity index (χ1n) is 8.95. The molecule has 0 unspecified atom stereocenters. The van der Waals surface area contributed by atoms with Crippen molar-refractivity contribution >= 4 is 33.4 Å². The monoisotopic (exact) mass is 488 g/mol. The molecule has 2 heterocycles. The zero-order valence-corrected chi connectivity index (χ0v) is 17.8. The molecule has 0 aliphatic carbocycles. The highest BCUT2D eigenvalue weighted by molar-refractivity contribution is 9.10. The fraction of sp³-hybridized carbons (Fsp3) is 0.0952. The Labute approximate surface area is 184 Å². The molecule has 4 aromatic rings. The minimum atomic E-state index is -0.375. The van der Waals surface area contributed by atoms with Gasteiger partial charge < -0.3 is 14.4 Å². The highest BCUT2D eigenvalue weighted by Crippen LogP contribution is 2.26. The lowest BCUT2D eigenvalue weighted by Gasteiger charge is -2.08. The van der Waals surface area contributed by atoms with E-state index < -0.39 is 0 Å². The van der Waals surface area contributed by atoms with Gasteiger partial charge >= 0.3 is 0 Å². The number of aromatic nitrogens is 3. The predicted molar refractivity (Wildman–Crippen MR) is 114 cm³/mol. The highest BCUT2D eigenvalue weighted by atomic mass is 79.9. The van der Waals surface area contributed by atoms with Crippen molar-refractivity contribution in [3.63, 3.8) is 0 Å². The Morgan fingerprint density at radius 1 is 1.20 bits per heavy atom. The smallest absolute Gasteiger partial charge is 0.274 e. The van der Waals surface area contributed by atoms with E-state index in [-0.39, 0.29) is 24.2 Å². The zero-order valence-electron chi connectivity index (χ0n) is 15.5. The summed E-state index contributed by atoms with van der Waals surface area (Å²) in [5, 5.41) is 7.44. The summed E-state index contributed by atoms with van der Waals surface area (Å²) in [4.78, 5) is 16.8. The van der Waals surface area contributed by atoms with E-state index in [0.717, 1.165) is 5.56 Å². The number of carbonyl (C=O) groups is 1. The van der Waals surface area contributed by atoms with Crippen molar-refractivity contribution in [2.75, 3.05) is 0 Å². The number of halogens is 3. The molecule has 152 valence electrons. The summed E-state index contributed by atoms with van der Waals surface area (Å²) in [6.07, 6.45) is 1.76. The third kappa shape index (κ3) is 4.60. The van der Waals surface area contributed by atoms with Crippen LogP contribution >= 0.6 is 27.5 Å². The molecular formula is C21H15BrClFN4O2. The number of amides is 1. The average Bonchev–Trinajstić information content (AvgIpc) is 3.38. The second-order valence-electron chi connectivity index (χ2n) is 6.48. The van der Waals surface area contributed by atoms with Gasteiger partial charge in [-0.25, -0.2) is 4.39 Å². The third-order valence-corrected chi connectivity index (χ3v) is 5.19. The van der Waals surface area contributed by atoms with Crippen LogP contribution in [-0.4, -0.2) is 20.6 Å². The molecule has 4 rings (SSSR count). The predicted octanol–water partition coefficient (Wildman–Crippen LogP) is 5.08. The molecule has 0 atom stereocenters. The Hall–Kier alpha value is -2.97. The molecule has 0 spiro atoms. The Morgan fingerprint density at radius 2 is 2.07 bits per heavy atom. The molecular weight excluding hydrogens is 475 g/mol. The van der Waals surface area contributed by atoms with Gasteiger partial charge in [0, 0.05) is 23.3 Å². The summed E-state index contributed by atoms with van der Waals surface area (Å²) in [5.41, 5.74) is 2.12. The number of nitrogens with zero attached hydrogens (tertiary/aromatic N) is 3. The van der Waals surface area contributed by atoms with E-state index in [1.807, 2.05) is 12.1 Å². The third-order valence-electron chi connectivity index (χ3n) is 4.35. The van der Waals surface area contributed by atoms with Crippen LogP contribution in [0, 0.1) is 5.82 Å². The molecule has 0 fully saturated rings. The quantitative estimate of drug-likeness (QED) is 0.410. The molecule has 1 amide bonds. The first-order valence-corrected chi connectivity index (χ1v) is 10.1. The summed E-state index contributed by atoms with van der Waals surface area (Å²) in [6.45, 7) is 0.461. The molecule has 0 aliphatic rings. The largest absolute Gasteiger partial charge is 0.350 e. The van der Waals surface area contributed by atoms with E-state index in [4.69, 9.17) is 16.1 Å². The number of hydrogen-bond acceptors (Lipinski definition) is 4. The van der Waals surface area contributed by atoms with E-state index >= 15 is 0 Å². The van der Waals surface area contributed by atoms with Gasteiger partial charge in [0.25, 0.3) is 5.89 Å². The van der Waals surface area contributed by atoms with Crippen LogP contribution in [0.1, 0.15) is 5.56 Å². The Balaban J connectivity index is 1.46. The second kappa shape index (κ2) is 8.81. The lowest BCUT2D eigenvalue weighted by atomic mass is 10.2. The Morgan fingerprint density at radius 3 is 2.87 bits per heavy atom. The normalized spacial score (nSPS) is 10.9. The van der Waals surface area contributed by atoms with Crippen LogP contribution < -0.4 is 5.32 Å². The molecule has 30 heavy (non-hydrogen) atoms. The number of rotatable bonds is 6. The molecule has 9 heteroatoms. The Bertz CT molecular complexity index is 1210. The summed E-state index contributed by atoms with van der Waals surface area (Å²) >= 11 is 9.11. The van der Waals surface area contributed by atoms with Crippen LogP contribution in [-0.2, 0) is 17.9 Å². The van der Waals surface area contributed by atoms with Gasteiger partial charge in [0.2, 0.25) is 11.7 Å². The summed E-state index contributed by atoms with van der Waals surface area (Å²) in [6, 6.07) is 15.3. The van der Waals surface area contributed by atoms with Crippen LogP contribution in [0.15, 0.2) is 69.8 Å². The minimum Gasteiger partial charge on any atom is -0.350 e. The maximum atomic E-state index is 13.4. The van der Waals surface area contributed by atoms with Crippen LogP contribution in [0.2, 0.25) is 5.02 Å². The summed E-state index contributed by atoms with van der Waals surface area (Å²) in [7, 11) is 0. The van der Waals surface area contributed by atoms with Gasteiger partial charge in [0.1, 0.15) is 18.1 Å². The van der Waals surface area contributed by atoms with Crippen LogP contribution in [0.3, 0.4) is 0 Å². The molecule has 0 bridgehead atoms. The van der Waals surface area contributed by atoms with E-state index in [1.165, 1.54) is 6.07 Å². The first kappa shape index (κ1) is 20.3.